The molecule has 1 aliphatic heterocycles. The van der Waals surface area contributed by atoms with Crippen LogP contribution in [0.5, 0.6) is 11.5 Å². The highest BCUT2D eigenvalue weighted by Crippen LogP contribution is 2.42. The van der Waals surface area contributed by atoms with Crippen LogP contribution in [0.25, 0.3) is 21.2 Å². The number of alkyl halides is 2. The second-order valence-electron chi connectivity index (χ2n) is 10.1. The van der Waals surface area contributed by atoms with Crippen molar-refractivity contribution in [3.8, 4) is 22.6 Å². The molecule has 1 N–H and O–H groups in total. The molecule has 5 rings (SSSR count). The molecule has 1 amide bonds. The number of thiophene rings is 1. The van der Waals surface area contributed by atoms with Crippen LogP contribution in [-0.4, -0.2) is 39.5 Å². The SMILES string of the molecule is Cn1cc(-c2cc(C(C)(C)O)ccc2Oc2ccc(F)cc2F)c2sc(C(=O)N3CCC(F)(F)C3)cc2c1=O. The summed E-state index contributed by atoms with van der Waals surface area (Å²) in [6, 6.07) is 9.01. The summed E-state index contributed by atoms with van der Waals surface area (Å²) in [7, 11) is 1.52. The first-order valence-electron chi connectivity index (χ1n) is 12.0. The van der Waals surface area contributed by atoms with Crippen LogP contribution in [0, 0.1) is 11.6 Å². The summed E-state index contributed by atoms with van der Waals surface area (Å²) in [5, 5.41) is 10.9. The summed E-state index contributed by atoms with van der Waals surface area (Å²) in [5.74, 6) is -5.36. The fourth-order valence-corrected chi connectivity index (χ4v) is 5.64. The molecule has 0 atom stereocenters. The molecule has 6 nitrogen and oxygen atoms in total. The van der Waals surface area contributed by atoms with Crippen LogP contribution in [0.15, 0.2) is 53.5 Å². The number of fused-ring (bicyclic) bond motifs is 1. The molecule has 0 aliphatic carbocycles. The van der Waals surface area contributed by atoms with Crippen LogP contribution in [0.2, 0.25) is 0 Å². The molecule has 0 unspecified atom stereocenters. The van der Waals surface area contributed by atoms with Gasteiger partial charge in [0, 0.05) is 43.4 Å². The van der Waals surface area contributed by atoms with E-state index in [1.807, 2.05) is 0 Å². The number of carbonyl (C=O) groups is 1. The maximum Gasteiger partial charge on any atom is 0.267 e. The Balaban J connectivity index is 1.69. The van der Waals surface area contributed by atoms with E-state index in [-0.39, 0.29) is 28.3 Å². The number of ether oxygens (including phenoxy) is 1. The van der Waals surface area contributed by atoms with Crippen LogP contribution in [-0.2, 0) is 12.6 Å². The maximum atomic E-state index is 14.5. The Hall–Kier alpha value is -3.70. The second kappa shape index (κ2) is 9.49. The standard InChI is InChI=1S/C28H24F4N2O4S/c1-27(2,37)15-4-6-21(38-22-7-5-16(29)11-20(22)30)17(10-15)19-13-33(3)25(35)18-12-23(39-24(18)19)26(36)34-9-8-28(31,32)14-34/h4-7,10-13,37H,8-9,14H2,1-3H3. The van der Waals surface area contributed by atoms with Crippen LogP contribution in [0.4, 0.5) is 17.6 Å². The first kappa shape index (κ1) is 26.9. The predicted octanol–water partition coefficient (Wildman–Crippen LogP) is 6.05. The number of benzene rings is 2. The van der Waals surface area contributed by atoms with E-state index in [0.717, 1.165) is 28.4 Å². The molecule has 0 spiro atoms. The fourth-order valence-electron chi connectivity index (χ4n) is 4.50. The van der Waals surface area contributed by atoms with Gasteiger partial charge in [-0.1, -0.05) is 6.07 Å². The number of aromatic nitrogens is 1. The van der Waals surface area contributed by atoms with Crippen molar-refractivity contribution in [1.29, 1.82) is 0 Å². The number of halogens is 4. The first-order chi connectivity index (χ1) is 18.2. The highest BCUT2D eigenvalue weighted by molar-refractivity contribution is 7.21. The van der Waals surface area contributed by atoms with Gasteiger partial charge < -0.3 is 19.3 Å². The molecular formula is C28H24F4N2O4S. The van der Waals surface area contributed by atoms with Crippen molar-refractivity contribution in [3.63, 3.8) is 0 Å². The van der Waals surface area contributed by atoms with E-state index in [2.05, 4.69) is 0 Å². The van der Waals surface area contributed by atoms with E-state index < -0.39 is 47.6 Å². The van der Waals surface area contributed by atoms with Crippen LogP contribution >= 0.6 is 11.3 Å². The minimum Gasteiger partial charge on any atom is -0.454 e. The molecule has 0 saturated carbocycles. The van der Waals surface area contributed by atoms with Crippen LogP contribution in [0.1, 0.15) is 35.5 Å². The number of hydrogen-bond donors (Lipinski definition) is 1. The van der Waals surface area contributed by atoms with E-state index in [4.69, 9.17) is 4.74 Å². The van der Waals surface area contributed by atoms with E-state index in [0.29, 0.717) is 27.5 Å². The summed E-state index contributed by atoms with van der Waals surface area (Å²) in [4.78, 5) is 27.3. The Morgan fingerprint density at radius 2 is 1.79 bits per heavy atom. The summed E-state index contributed by atoms with van der Waals surface area (Å²) in [5.41, 5.74) is -0.384. The zero-order chi connectivity index (χ0) is 28.3. The smallest absolute Gasteiger partial charge is 0.267 e. The Morgan fingerprint density at radius 1 is 1.08 bits per heavy atom. The number of rotatable bonds is 5. The third kappa shape index (κ3) is 5.16. The average Bonchev–Trinajstić information content (AvgIpc) is 3.46. The Bertz CT molecular complexity index is 1670. The molecule has 39 heavy (non-hydrogen) atoms. The molecule has 0 bridgehead atoms. The number of aryl methyl sites for hydroxylation is 1. The molecular weight excluding hydrogens is 536 g/mol. The van der Waals surface area contributed by atoms with Gasteiger partial charge in [0.25, 0.3) is 17.4 Å². The second-order valence-corrected chi connectivity index (χ2v) is 11.1. The van der Waals surface area contributed by atoms with Crippen molar-refractivity contribution in [2.45, 2.75) is 31.8 Å². The van der Waals surface area contributed by atoms with Crippen molar-refractivity contribution in [2.75, 3.05) is 13.1 Å². The Morgan fingerprint density at radius 3 is 2.44 bits per heavy atom. The number of hydrogen-bond acceptors (Lipinski definition) is 5. The van der Waals surface area contributed by atoms with Gasteiger partial charge in [0.2, 0.25) is 0 Å². The molecule has 1 aliphatic rings. The topological polar surface area (TPSA) is 71.8 Å². The predicted molar refractivity (Wildman–Crippen MR) is 140 cm³/mol. The minimum absolute atomic E-state index is 0.0974. The van der Waals surface area contributed by atoms with Gasteiger partial charge in [0.1, 0.15) is 11.6 Å². The average molecular weight is 561 g/mol. The molecule has 3 heterocycles. The number of carbonyl (C=O) groups excluding carboxylic acids is 1. The maximum absolute atomic E-state index is 14.5. The van der Waals surface area contributed by atoms with Gasteiger partial charge in [-0.05, 0) is 49.7 Å². The summed E-state index contributed by atoms with van der Waals surface area (Å²) < 4.78 is 63.0. The van der Waals surface area contributed by atoms with Gasteiger partial charge in [-0.2, -0.15) is 0 Å². The van der Waals surface area contributed by atoms with E-state index in [9.17, 15) is 32.3 Å². The van der Waals surface area contributed by atoms with Crippen LogP contribution in [0.3, 0.4) is 0 Å². The number of pyridine rings is 1. The Kier molecular flexibility index (Phi) is 6.54. The molecule has 11 heteroatoms. The van der Waals surface area contributed by atoms with E-state index >= 15 is 0 Å². The number of amides is 1. The largest absolute Gasteiger partial charge is 0.454 e. The molecule has 2 aromatic heterocycles. The van der Waals surface area contributed by atoms with Crippen molar-refractivity contribution in [3.05, 3.63) is 81.1 Å². The van der Waals surface area contributed by atoms with Gasteiger partial charge in [0.15, 0.2) is 11.6 Å². The van der Waals surface area contributed by atoms with Gasteiger partial charge in [-0.15, -0.1) is 11.3 Å². The van der Waals surface area contributed by atoms with Gasteiger partial charge in [-0.25, -0.2) is 17.6 Å². The first-order valence-corrected chi connectivity index (χ1v) is 12.9. The normalized spacial score (nSPS) is 15.2. The van der Waals surface area contributed by atoms with Crippen molar-refractivity contribution in [2.24, 2.45) is 7.05 Å². The lowest BCUT2D eigenvalue weighted by molar-refractivity contribution is 0.0121. The monoisotopic (exact) mass is 560 g/mol. The molecule has 0 radical (unpaired) electrons. The summed E-state index contributed by atoms with van der Waals surface area (Å²) in [6.45, 7) is 2.37. The third-order valence-corrected chi connectivity index (χ3v) is 7.76. The molecule has 204 valence electrons. The van der Waals surface area contributed by atoms with Crippen molar-refractivity contribution in [1.82, 2.24) is 9.47 Å². The summed E-state index contributed by atoms with van der Waals surface area (Å²) in [6.07, 6.45) is 1.10. The molecule has 1 fully saturated rings. The van der Waals surface area contributed by atoms with E-state index in [1.54, 1.807) is 26.0 Å². The lowest BCUT2D eigenvalue weighted by Gasteiger charge is -2.21. The number of likely N-dealkylation sites (tertiary alicyclic amines) is 1. The summed E-state index contributed by atoms with van der Waals surface area (Å²) >= 11 is 0.979. The molecule has 4 aromatic rings. The zero-order valence-corrected chi connectivity index (χ0v) is 22.0. The zero-order valence-electron chi connectivity index (χ0n) is 21.2. The number of aliphatic hydroxyl groups is 1. The van der Waals surface area contributed by atoms with Gasteiger partial charge in [-0.3, -0.25) is 9.59 Å². The van der Waals surface area contributed by atoms with Crippen LogP contribution < -0.4 is 10.3 Å². The molecule has 1 saturated heterocycles. The quantitative estimate of drug-likeness (QED) is 0.302. The lowest BCUT2D eigenvalue weighted by atomic mass is 9.94. The van der Waals surface area contributed by atoms with Gasteiger partial charge in [0.05, 0.1) is 27.1 Å². The third-order valence-electron chi connectivity index (χ3n) is 6.61. The fraction of sp³-hybridized carbons (Fsp3) is 0.286. The minimum atomic E-state index is -2.97. The highest BCUT2D eigenvalue weighted by atomic mass is 32.1. The molecule has 2 aromatic carbocycles. The van der Waals surface area contributed by atoms with E-state index in [1.165, 1.54) is 29.9 Å². The lowest BCUT2D eigenvalue weighted by Crippen LogP contribution is -2.30. The highest BCUT2D eigenvalue weighted by Gasteiger charge is 2.41. The van der Waals surface area contributed by atoms with Gasteiger partial charge >= 0.3 is 0 Å². The van der Waals surface area contributed by atoms with Crippen molar-refractivity contribution < 1.29 is 32.2 Å². The Labute approximate surface area is 224 Å². The number of nitrogens with zero attached hydrogens (tertiary/aromatic N) is 2. The van der Waals surface area contributed by atoms with Crippen molar-refractivity contribution >= 4 is 27.3 Å².